The summed E-state index contributed by atoms with van der Waals surface area (Å²) >= 11 is 1.73. The number of thiazole rings is 1. The fraction of sp³-hybridized carbons (Fsp3) is 0.636. The summed E-state index contributed by atoms with van der Waals surface area (Å²) in [6, 6.07) is 0. The van der Waals surface area contributed by atoms with E-state index in [9.17, 15) is 0 Å². The molecular formula is C11H20N4S. The monoisotopic (exact) mass is 240 g/mol. The summed E-state index contributed by atoms with van der Waals surface area (Å²) in [7, 11) is 7.99. The second-order valence-electron chi connectivity index (χ2n) is 4.14. The van der Waals surface area contributed by atoms with Crippen LogP contribution in [0.25, 0.3) is 0 Å². The lowest BCUT2D eigenvalue weighted by Crippen LogP contribution is -2.35. The summed E-state index contributed by atoms with van der Waals surface area (Å²) in [6.07, 6.45) is 0. The highest BCUT2D eigenvalue weighted by Gasteiger charge is 2.07. The predicted octanol–water partition coefficient (Wildman–Crippen LogP) is 1.74. The maximum absolute atomic E-state index is 4.58. The molecule has 1 aromatic rings. The van der Waals surface area contributed by atoms with Gasteiger partial charge in [0.2, 0.25) is 0 Å². The number of aromatic nitrogens is 1. The van der Waals surface area contributed by atoms with Crippen LogP contribution in [-0.2, 0) is 6.54 Å². The molecule has 16 heavy (non-hydrogen) atoms. The van der Waals surface area contributed by atoms with Crippen LogP contribution in [0.3, 0.4) is 0 Å². The predicted molar refractivity (Wildman–Crippen MR) is 70.1 cm³/mol. The number of nitrogens with zero attached hydrogens (tertiary/aromatic N) is 4. The number of rotatable bonds is 2. The molecular weight excluding hydrogens is 220 g/mol. The summed E-state index contributed by atoms with van der Waals surface area (Å²) in [4.78, 5) is 14.3. The van der Waals surface area contributed by atoms with Crippen LogP contribution in [-0.4, -0.2) is 48.9 Å². The van der Waals surface area contributed by atoms with E-state index in [0.717, 1.165) is 16.7 Å². The molecule has 0 N–H and O–H groups in total. The molecule has 0 unspecified atom stereocenters. The van der Waals surface area contributed by atoms with Crippen LogP contribution < -0.4 is 0 Å². The summed E-state index contributed by atoms with van der Waals surface area (Å²) in [5.74, 6) is 0.963. The van der Waals surface area contributed by atoms with Gasteiger partial charge >= 0.3 is 0 Å². The van der Waals surface area contributed by atoms with Crippen LogP contribution >= 0.6 is 11.3 Å². The first-order valence-electron chi connectivity index (χ1n) is 5.23. The zero-order chi connectivity index (χ0) is 12.3. The van der Waals surface area contributed by atoms with Crippen molar-refractivity contribution in [1.82, 2.24) is 14.8 Å². The van der Waals surface area contributed by atoms with Crippen molar-refractivity contribution >= 4 is 17.3 Å². The minimum absolute atomic E-state index is 0.655. The van der Waals surface area contributed by atoms with E-state index in [0.29, 0.717) is 6.54 Å². The molecule has 0 saturated carbocycles. The van der Waals surface area contributed by atoms with Crippen LogP contribution in [0.15, 0.2) is 4.99 Å². The minimum atomic E-state index is 0.655. The number of guanidine groups is 1. The fourth-order valence-corrected chi connectivity index (χ4v) is 2.37. The highest BCUT2D eigenvalue weighted by Crippen LogP contribution is 2.17. The molecule has 0 amide bonds. The molecule has 0 saturated heterocycles. The van der Waals surface area contributed by atoms with Crippen molar-refractivity contribution in [3.8, 4) is 0 Å². The van der Waals surface area contributed by atoms with Crippen LogP contribution in [0, 0.1) is 13.8 Å². The quantitative estimate of drug-likeness (QED) is 0.583. The third-order valence-electron chi connectivity index (χ3n) is 2.17. The Morgan fingerprint density at radius 3 is 2.12 bits per heavy atom. The lowest BCUT2D eigenvalue weighted by molar-refractivity contribution is 0.479. The van der Waals surface area contributed by atoms with Gasteiger partial charge in [-0.05, 0) is 13.8 Å². The summed E-state index contributed by atoms with van der Waals surface area (Å²) in [5, 5.41) is 1.11. The van der Waals surface area contributed by atoms with Gasteiger partial charge in [-0.1, -0.05) is 0 Å². The molecule has 1 heterocycles. The number of aliphatic imine (C=N–C) groups is 1. The zero-order valence-electron chi connectivity index (χ0n) is 10.9. The molecule has 90 valence electrons. The van der Waals surface area contributed by atoms with Gasteiger partial charge in [0.25, 0.3) is 0 Å². The lowest BCUT2D eigenvalue weighted by atomic mass is 10.4. The molecule has 0 radical (unpaired) electrons. The molecule has 0 aliphatic rings. The van der Waals surface area contributed by atoms with Crippen molar-refractivity contribution in [3.05, 3.63) is 15.6 Å². The number of aryl methyl sites for hydroxylation is 2. The van der Waals surface area contributed by atoms with E-state index >= 15 is 0 Å². The van der Waals surface area contributed by atoms with Crippen LogP contribution in [0.1, 0.15) is 15.6 Å². The largest absolute Gasteiger partial charge is 0.349 e. The second-order valence-corrected chi connectivity index (χ2v) is 5.55. The van der Waals surface area contributed by atoms with Gasteiger partial charge in [0.15, 0.2) is 5.96 Å². The molecule has 5 heteroatoms. The van der Waals surface area contributed by atoms with Crippen LogP contribution in [0.2, 0.25) is 0 Å². The Morgan fingerprint density at radius 2 is 1.75 bits per heavy atom. The number of hydrogen-bond acceptors (Lipinski definition) is 3. The molecule has 1 rings (SSSR count). The first-order valence-corrected chi connectivity index (χ1v) is 6.05. The maximum Gasteiger partial charge on any atom is 0.195 e. The van der Waals surface area contributed by atoms with E-state index in [-0.39, 0.29) is 0 Å². The Labute approximate surface area is 102 Å². The smallest absolute Gasteiger partial charge is 0.195 e. The topological polar surface area (TPSA) is 31.7 Å². The lowest BCUT2D eigenvalue weighted by Gasteiger charge is -2.22. The Balaban J connectivity index is 2.81. The van der Waals surface area contributed by atoms with Gasteiger partial charge in [0.1, 0.15) is 0 Å². The molecule has 0 aliphatic heterocycles. The van der Waals surface area contributed by atoms with Crippen molar-refractivity contribution in [2.45, 2.75) is 20.4 Å². The Hall–Kier alpha value is -1.10. The van der Waals surface area contributed by atoms with E-state index in [2.05, 4.69) is 16.9 Å². The third-order valence-corrected chi connectivity index (χ3v) is 3.10. The fourth-order valence-electron chi connectivity index (χ4n) is 1.55. The highest BCUT2D eigenvalue weighted by molar-refractivity contribution is 7.11. The molecule has 0 aromatic carbocycles. The van der Waals surface area contributed by atoms with Gasteiger partial charge < -0.3 is 9.80 Å². The number of hydrogen-bond donors (Lipinski definition) is 0. The first kappa shape index (κ1) is 13.0. The summed E-state index contributed by atoms with van der Waals surface area (Å²) in [6.45, 7) is 4.78. The summed E-state index contributed by atoms with van der Waals surface area (Å²) < 4.78 is 0. The average molecular weight is 240 g/mol. The van der Waals surface area contributed by atoms with E-state index in [1.165, 1.54) is 4.88 Å². The normalized spacial score (nSPS) is 10.1. The molecule has 4 nitrogen and oxygen atoms in total. The van der Waals surface area contributed by atoms with Crippen molar-refractivity contribution in [3.63, 3.8) is 0 Å². The Kier molecular flexibility index (Phi) is 4.29. The van der Waals surface area contributed by atoms with Crippen molar-refractivity contribution in [1.29, 1.82) is 0 Å². The van der Waals surface area contributed by atoms with Gasteiger partial charge in [0, 0.05) is 33.1 Å². The zero-order valence-corrected chi connectivity index (χ0v) is 11.7. The standard InChI is InChI=1S/C11H20N4S/c1-8-10(13-9(2)16-8)7-12-11(14(3)4)15(5)6/h7H2,1-6H3. The Morgan fingerprint density at radius 1 is 1.19 bits per heavy atom. The molecule has 1 aromatic heterocycles. The molecule has 0 atom stereocenters. The van der Waals surface area contributed by atoms with E-state index in [1.807, 2.05) is 44.9 Å². The van der Waals surface area contributed by atoms with Gasteiger partial charge in [-0.25, -0.2) is 9.98 Å². The molecule has 0 bridgehead atoms. The van der Waals surface area contributed by atoms with Gasteiger partial charge in [-0.3, -0.25) is 0 Å². The molecule has 0 fully saturated rings. The van der Waals surface area contributed by atoms with Gasteiger partial charge in [-0.2, -0.15) is 0 Å². The molecule has 0 aliphatic carbocycles. The third kappa shape index (κ3) is 3.20. The van der Waals surface area contributed by atoms with Gasteiger partial charge in [-0.15, -0.1) is 11.3 Å². The van der Waals surface area contributed by atoms with Crippen molar-refractivity contribution < 1.29 is 0 Å². The van der Waals surface area contributed by atoms with E-state index in [4.69, 9.17) is 0 Å². The van der Waals surface area contributed by atoms with Gasteiger partial charge in [0.05, 0.1) is 17.2 Å². The SMILES string of the molecule is Cc1nc(CN=C(N(C)C)N(C)C)c(C)s1. The Bertz CT molecular complexity index is 369. The van der Waals surface area contributed by atoms with E-state index < -0.39 is 0 Å². The second kappa shape index (κ2) is 5.30. The van der Waals surface area contributed by atoms with E-state index in [1.54, 1.807) is 11.3 Å². The average Bonchev–Trinajstić information content (AvgIpc) is 2.44. The van der Waals surface area contributed by atoms with Crippen LogP contribution in [0.4, 0.5) is 0 Å². The summed E-state index contributed by atoms with van der Waals surface area (Å²) in [5.41, 5.74) is 1.09. The van der Waals surface area contributed by atoms with Crippen LogP contribution in [0.5, 0.6) is 0 Å². The van der Waals surface area contributed by atoms with Crippen molar-refractivity contribution in [2.24, 2.45) is 4.99 Å². The highest BCUT2D eigenvalue weighted by atomic mass is 32.1. The maximum atomic E-state index is 4.58. The first-order chi connectivity index (χ1) is 7.41. The van der Waals surface area contributed by atoms with Crippen molar-refractivity contribution in [2.75, 3.05) is 28.2 Å². The minimum Gasteiger partial charge on any atom is -0.349 e. The molecule has 0 spiro atoms.